The van der Waals surface area contributed by atoms with E-state index in [4.69, 9.17) is 0 Å². The van der Waals surface area contributed by atoms with Crippen molar-refractivity contribution in [2.45, 2.75) is 19.3 Å². The number of fused-ring (bicyclic) bond motifs is 9. The Kier molecular flexibility index (Phi) is 6.29. The van der Waals surface area contributed by atoms with Gasteiger partial charge in [-0.1, -0.05) is 153 Å². The molecule has 9 aromatic carbocycles. The summed E-state index contributed by atoms with van der Waals surface area (Å²) in [6.45, 7) is 4.72. The van der Waals surface area contributed by atoms with Crippen molar-refractivity contribution in [3.8, 4) is 22.3 Å². The van der Waals surface area contributed by atoms with Crippen molar-refractivity contribution in [2.75, 3.05) is 4.90 Å². The van der Waals surface area contributed by atoms with Crippen LogP contribution in [0, 0.1) is 0 Å². The van der Waals surface area contributed by atoms with Crippen molar-refractivity contribution < 1.29 is 0 Å². The fraction of sp³-hybridized carbons (Fsp3) is 0.0612. The van der Waals surface area contributed by atoms with Gasteiger partial charge in [0.1, 0.15) is 0 Å². The van der Waals surface area contributed by atoms with E-state index in [9.17, 15) is 0 Å². The van der Waals surface area contributed by atoms with Crippen LogP contribution >= 0.6 is 0 Å². The van der Waals surface area contributed by atoms with E-state index in [-0.39, 0.29) is 5.41 Å². The van der Waals surface area contributed by atoms with Crippen molar-refractivity contribution in [3.05, 3.63) is 187 Å². The van der Waals surface area contributed by atoms with Crippen molar-refractivity contribution in [3.63, 3.8) is 0 Å². The lowest BCUT2D eigenvalue weighted by Crippen LogP contribution is -2.16. The van der Waals surface area contributed by atoms with Crippen molar-refractivity contribution in [2.24, 2.45) is 0 Å². The molecule has 0 N–H and O–H groups in total. The third kappa shape index (κ3) is 4.33. The highest BCUT2D eigenvalue weighted by atomic mass is 15.1. The second-order valence-corrected chi connectivity index (χ2v) is 14.2. The highest BCUT2D eigenvalue weighted by Gasteiger charge is 2.35. The van der Waals surface area contributed by atoms with Gasteiger partial charge in [-0.3, -0.25) is 0 Å². The lowest BCUT2D eigenvalue weighted by Gasteiger charge is -2.29. The average molecular weight is 638 g/mol. The molecule has 0 spiro atoms. The summed E-state index contributed by atoms with van der Waals surface area (Å²) in [4.78, 5) is 2.47. The summed E-state index contributed by atoms with van der Waals surface area (Å²) in [6.07, 6.45) is 0. The minimum atomic E-state index is -0.0993. The van der Waals surface area contributed by atoms with Crippen LogP contribution in [0.4, 0.5) is 17.1 Å². The third-order valence-electron chi connectivity index (χ3n) is 11.0. The summed E-state index contributed by atoms with van der Waals surface area (Å²) in [6, 6.07) is 65.1. The molecule has 10 rings (SSSR count). The molecule has 1 aliphatic carbocycles. The van der Waals surface area contributed by atoms with Crippen LogP contribution in [0.2, 0.25) is 0 Å². The van der Waals surface area contributed by atoms with Gasteiger partial charge >= 0.3 is 0 Å². The van der Waals surface area contributed by atoms with Crippen LogP contribution in [0.1, 0.15) is 25.0 Å². The summed E-state index contributed by atoms with van der Waals surface area (Å²) in [5.41, 5.74) is 11.2. The molecule has 236 valence electrons. The molecule has 0 unspecified atom stereocenters. The summed E-state index contributed by atoms with van der Waals surface area (Å²) in [5, 5.41) is 10.1. The molecule has 0 saturated carbocycles. The number of anilines is 3. The maximum Gasteiger partial charge on any atom is 0.0546 e. The third-order valence-corrected chi connectivity index (χ3v) is 11.0. The van der Waals surface area contributed by atoms with Crippen molar-refractivity contribution in [1.82, 2.24) is 0 Å². The van der Waals surface area contributed by atoms with E-state index < -0.39 is 0 Å². The Labute approximate surface area is 292 Å². The summed E-state index contributed by atoms with van der Waals surface area (Å²) in [5.74, 6) is 0. The van der Waals surface area contributed by atoms with Crippen LogP contribution in [0.5, 0.6) is 0 Å². The van der Waals surface area contributed by atoms with Crippen LogP contribution in [0.25, 0.3) is 65.3 Å². The zero-order valence-electron chi connectivity index (χ0n) is 28.2. The smallest absolute Gasteiger partial charge is 0.0546 e. The van der Waals surface area contributed by atoms with E-state index in [0.29, 0.717) is 0 Å². The zero-order valence-corrected chi connectivity index (χ0v) is 28.2. The number of benzene rings is 9. The van der Waals surface area contributed by atoms with Crippen LogP contribution in [-0.4, -0.2) is 0 Å². The molecule has 50 heavy (non-hydrogen) atoms. The van der Waals surface area contributed by atoms with Crippen LogP contribution in [-0.2, 0) is 5.41 Å². The summed E-state index contributed by atoms with van der Waals surface area (Å²) < 4.78 is 0. The molecule has 0 radical (unpaired) electrons. The van der Waals surface area contributed by atoms with Gasteiger partial charge in [0.25, 0.3) is 0 Å². The summed E-state index contributed by atoms with van der Waals surface area (Å²) >= 11 is 0. The standard InChI is InChI=1S/C49H35N/c1-49(2)45-16-8-7-15-42(45)43-29-26-39(31-46(43)49)50(38-24-20-33(21-25-38)37-19-18-32-10-3-4-12-36(32)30-37)47-17-9-13-35-23-27-41-40-14-6-5-11-34(40)22-28-44(41)48(35)47/h3-31H,1-2H3. The Balaban J connectivity index is 1.20. The molecular formula is C49H35N. The Morgan fingerprint density at radius 3 is 1.90 bits per heavy atom. The maximum absolute atomic E-state index is 2.47. The van der Waals surface area contributed by atoms with Gasteiger partial charge in [0.05, 0.1) is 5.69 Å². The predicted octanol–water partition coefficient (Wildman–Crippen LogP) is 13.7. The predicted molar refractivity (Wildman–Crippen MR) is 214 cm³/mol. The molecule has 0 atom stereocenters. The SMILES string of the molecule is CC1(C)c2ccccc2-c2ccc(N(c3ccc(-c4ccc5ccccc5c4)cc3)c3cccc4ccc5c6ccccc6ccc5c34)cc21. The number of nitrogens with zero attached hydrogens (tertiary/aromatic N) is 1. The topological polar surface area (TPSA) is 3.24 Å². The van der Waals surface area contributed by atoms with Gasteiger partial charge in [0, 0.05) is 22.2 Å². The minimum absolute atomic E-state index is 0.0993. The highest BCUT2D eigenvalue weighted by molar-refractivity contribution is 6.21. The lowest BCUT2D eigenvalue weighted by molar-refractivity contribution is 0.660. The maximum atomic E-state index is 2.47. The Morgan fingerprint density at radius 1 is 0.380 bits per heavy atom. The first-order chi connectivity index (χ1) is 24.5. The van der Waals surface area contributed by atoms with Crippen LogP contribution in [0.15, 0.2) is 176 Å². The highest BCUT2D eigenvalue weighted by Crippen LogP contribution is 2.51. The average Bonchev–Trinajstić information content (AvgIpc) is 3.40. The van der Waals surface area contributed by atoms with Gasteiger partial charge in [-0.15, -0.1) is 0 Å². The number of rotatable bonds is 4. The fourth-order valence-corrected chi connectivity index (χ4v) is 8.47. The van der Waals surface area contributed by atoms with E-state index in [1.54, 1.807) is 0 Å². The fourth-order valence-electron chi connectivity index (χ4n) is 8.47. The second kappa shape index (κ2) is 10.9. The molecule has 1 heteroatoms. The molecule has 9 aromatic rings. The molecule has 0 aliphatic heterocycles. The monoisotopic (exact) mass is 637 g/mol. The lowest BCUT2D eigenvalue weighted by atomic mass is 9.82. The van der Waals surface area contributed by atoms with E-state index in [0.717, 1.165) is 11.4 Å². The first-order valence-corrected chi connectivity index (χ1v) is 17.5. The first kappa shape index (κ1) is 28.8. The van der Waals surface area contributed by atoms with Gasteiger partial charge in [-0.25, -0.2) is 0 Å². The molecule has 1 aliphatic rings. The quantitative estimate of drug-likeness (QED) is 0.174. The molecule has 0 saturated heterocycles. The largest absolute Gasteiger partial charge is 0.310 e. The van der Waals surface area contributed by atoms with E-state index >= 15 is 0 Å². The molecule has 0 fully saturated rings. The van der Waals surface area contributed by atoms with Crippen molar-refractivity contribution in [1.29, 1.82) is 0 Å². The van der Waals surface area contributed by atoms with Gasteiger partial charge in [0.2, 0.25) is 0 Å². The first-order valence-electron chi connectivity index (χ1n) is 17.5. The van der Waals surface area contributed by atoms with Crippen LogP contribution < -0.4 is 4.90 Å². The van der Waals surface area contributed by atoms with E-state index in [1.165, 1.54) is 82.2 Å². The molecule has 0 amide bonds. The van der Waals surface area contributed by atoms with Gasteiger partial charge in [-0.05, 0) is 107 Å². The number of hydrogen-bond donors (Lipinski definition) is 0. The Bertz CT molecular complexity index is 2790. The van der Waals surface area contributed by atoms with Gasteiger partial charge in [0.15, 0.2) is 0 Å². The van der Waals surface area contributed by atoms with E-state index in [1.807, 2.05) is 0 Å². The van der Waals surface area contributed by atoms with Crippen LogP contribution in [0.3, 0.4) is 0 Å². The molecule has 1 nitrogen and oxygen atoms in total. The second-order valence-electron chi connectivity index (χ2n) is 14.2. The molecule has 0 heterocycles. The molecule has 0 aromatic heterocycles. The van der Waals surface area contributed by atoms with E-state index in [2.05, 4.69) is 195 Å². The number of hydrogen-bond acceptors (Lipinski definition) is 1. The Morgan fingerprint density at radius 2 is 1.02 bits per heavy atom. The molecular weight excluding hydrogens is 603 g/mol. The Hall–Kier alpha value is -6.18. The van der Waals surface area contributed by atoms with Crippen molar-refractivity contribution >= 4 is 60.2 Å². The zero-order chi connectivity index (χ0) is 33.4. The summed E-state index contributed by atoms with van der Waals surface area (Å²) in [7, 11) is 0. The minimum Gasteiger partial charge on any atom is -0.310 e. The normalized spacial score (nSPS) is 13.2. The molecule has 0 bridgehead atoms. The van der Waals surface area contributed by atoms with Gasteiger partial charge < -0.3 is 4.90 Å². The van der Waals surface area contributed by atoms with Gasteiger partial charge in [-0.2, -0.15) is 0 Å².